The van der Waals surface area contributed by atoms with E-state index in [9.17, 15) is 0 Å². The van der Waals surface area contributed by atoms with E-state index in [0.717, 1.165) is 25.2 Å². The van der Waals surface area contributed by atoms with Gasteiger partial charge in [-0.1, -0.05) is 19.0 Å². The molecule has 0 spiro atoms. The maximum atomic E-state index is 4.92. The predicted octanol–water partition coefficient (Wildman–Crippen LogP) is 2.20. The summed E-state index contributed by atoms with van der Waals surface area (Å²) in [5.74, 6) is 0. The van der Waals surface area contributed by atoms with Crippen molar-refractivity contribution in [3.8, 4) is 0 Å². The minimum absolute atomic E-state index is 0.733. The Morgan fingerprint density at radius 1 is 1.44 bits per heavy atom. The maximum absolute atomic E-state index is 4.92. The van der Waals surface area contributed by atoms with Gasteiger partial charge in [-0.25, -0.2) is 0 Å². The molecule has 9 heavy (non-hydrogen) atoms. The highest BCUT2D eigenvalue weighted by Crippen LogP contribution is 1.86. The summed E-state index contributed by atoms with van der Waals surface area (Å²) >= 11 is 0. The van der Waals surface area contributed by atoms with Gasteiger partial charge in [-0.15, -0.1) is 0 Å². The van der Waals surface area contributed by atoms with Crippen molar-refractivity contribution in [1.82, 2.24) is 0 Å². The van der Waals surface area contributed by atoms with E-state index < -0.39 is 0 Å². The molecule has 0 fully saturated rings. The van der Waals surface area contributed by atoms with Gasteiger partial charge in [0, 0.05) is 0 Å². The molecule has 0 bridgehead atoms. The van der Waals surface area contributed by atoms with Gasteiger partial charge in [0.2, 0.25) is 0 Å². The van der Waals surface area contributed by atoms with E-state index in [1.165, 1.54) is 0 Å². The Morgan fingerprint density at radius 2 is 2.11 bits per heavy atom. The lowest BCUT2D eigenvalue weighted by Gasteiger charge is -1.95. The van der Waals surface area contributed by atoms with Crippen LogP contribution < -0.4 is 0 Å². The molecule has 0 N–H and O–H groups in total. The molecule has 0 heterocycles. The van der Waals surface area contributed by atoms with Gasteiger partial charge in [-0.2, -0.15) is 0 Å². The number of nitrogens with zero attached hydrogens (tertiary/aromatic N) is 1. The van der Waals surface area contributed by atoms with Crippen LogP contribution in [-0.4, -0.2) is 12.3 Å². The average molecular weight is 129 g/mol. The van der Waals surface area contributed by atoms with E-state index in [-0.39, 0.29) is 0 Å². The Hall–Kier alpha value is -0.530. The lowest BCUT2D eigenvalue weighted by atomic mass is 10.3. The second-order valence-corrected chi connectivity index (χ2v) is 2.01. The normalized spacial score (nSPS) is 11.7. The molecular weight excluding hydrogens is 114 g/mol. The average Bonchev–Trinajstić information content (AvgIpc) is 1.89. The Kier molecular flexibility index (Phi) is 5.27. The molecule has 0 aromatic rings. The summed E-state index contributed by atoms with van der Waals surface area (Å²) in [6.45, 7) is 6.83. The van der Waals surface area contributed by atoms with Gasteiger partial charge in [0.15, 0.2) is 0 Å². The summed E-state index contributed by atoms with van der Waals surface area (Å²) < 4.78 is 0. The summed E-state index contributed by atoms with van der Waals surface area (Å²) in [4.78, 5) is 4.92. The summed E-state index contributed by atoms with van der Waals surface area (Å²) in [6, 6.07) is 0. The standard InChI is InChI=1S/C7H15NO/c1-4-6-9-8-7(3)5-2/h4-6H2,1-3H3/b8-7+. The summed E-state index contributed by atoms with van der Waals surface area (Å²) in [5, 5.41) is 3.85. The van der Waals surface area contributed by atoms with Crippen molar-refractivity contribution >= 4 is 5.71 Å². The van der Waals surface area contributed by atoms with Crippen LogP contribution in [0.5, 0.6) is 0 Å². The SMILES string of the molecule is CCCO/N=C(\C)CC. The first-order chi connectivity index (χ1) is 4.31. The van der Waals surface area contributed by atoms with Crippen LogP contribution in [0.1, 0.15) is 33.6 Å². The second-order valence-electron chi connectivity index (χ2n) is 2.01. The lowest BCUT2D eigenvalue weighted by molar-refractivity contribution is 0.144. The highest BCUT2D eigenvalue weighted by Gasteiger charge is 1.83. The number of oxime groups is 1. The van der Waals surface area contributed by atoms with E-state index in [0.29, 0.717) is 0 Å². The zero-order valence-electron chi connectivity index (χ0n) is 6.48. The van der Waals surface area contributed by atoms with Gasteiger partial charge < -0.3 is 4.84 Å². The molecule has 0 aromatic carbocycles. The fourth-order valence-corrected chi connectivity index (χ4v) is 0.312. The third-order valence-electron chi connectivity index (χ3n) is 1.03. The van der Waals surface area contributed by atoms with Crippen LogP contribution in [0, 0.1) is 0 Å². The van der Waals surface area contributed by atoms with Crippen molar-refractivity contribution in [3.05, 3.63) is 0 Å². The summed E-state index contributed by atoms with van der Waals surface area (Å²) in [5.41, 5.74) is 1.06. The van der Waals surface area contributed by atoms with Crippen molar-refractivity contribution in [1.29, 1.82) is 0 Å². The van der Waals surface area contributed by atoms with Crippen molar-refractivity contribution in [2.45, 2.75) is 33.6 Å². The van der Waals surface area contributed by atoms with Crippen LogP contribution in [0.4, 0.5) is 0 Å². The van der Waals surface area contributed by atoms with Crippen LogP contribution in [0.15, 0.2) is 5.16 Å². The molecule has 0 saturated carbocycles. The molecule has 0 aromatic heterocycles. The molecule has 0 saturated heterocycles. The molecule has 0 radical (unpaired) electrons. The third kappa shape index (κ3) is 5.34. The molecule has 0 unspecified atom stereocenters. The van der Waals surface area contributed by atoms with Crippen LogP contribution >= 0.6 is 0 Å². The Labute approximate surface area is 56.9 Å². The van der Waals surface area contributed by atoms with E-state index in [1.807, 2.05) is 6.92 Å². The quantitative estimate of drug-likeness (QED) is 0.324. The first-order valence-corrected chi connectivity index (χ1v) is 3.46. The largest absolute Gasteiger partial charge is 0.396 e. The van der Waals surface area contributed by atoms with E-state index in [2.05, 4.69) is 19.0 Å². The highest BCUT2D eigenvalue weighted by molar-refractivity contribution is 5.80. The van der Waals surface area contributed by atoms with Gasteiger partial charge in [-0.05, 0) is 19.8 Å². The van der Waals surface area contributed by atoms with Crippen LogP contribution in [-0.2, 0) is 4.84 Å². The van der Waals surface area contributed by atoms with E-state index >= 15 is 0 Å². The Bertz CT molecular complexity index is 88.9. The van der Waals surface area contributed by atoms with Gasteiger partial charge >= 0.3 is 0 Å². The predicted molar refractivity (Wildman–Crippen MR) is 39.6 cm³/mol. The molecule has 2 nitrogen and oxygen atoms in total. The number of hydrogen-bond acceptors (Lipinski definition) is 2. The van der Waals surface area contributed by atoms with Gasteiger partial charge in [0.1, 0.15) is 6.61 Å². The first-order valence-electron chi connectivity index (χ1n) is 3.46. The van der Waals surface area contributed by atoms with Gasteiger partial charge in [0.25, 0.3) is 0 Å². The molecule has 0 aliphatic carbocycles. The Morgan fingerprint density at radius 3 is 2.56 bits per heavy atom. The molecule has 2 heteroatoms. The molecular formula is C7H15NO. The number of hydrogen-bond donors (Lipinski definition) is 0. The topological polar surface area (TPSA) is 21.6 Å². The molecule has 0 amide bonds. The minimum atomic E-state index is 0.733. The zero-order valence-corrected chi connectivity index (χ0v) is 6.48. The summed E-state index contributed by atoms with van der Waals surface area (Å²) in [6.07, 6.45) is 2.00. The van der Waals surface area contributed by atoms with Gasteiger partial charge in [-0.3, -0.25) is 0 Å². The van der Waals surface area contributed by atoms with Crippen molar-refractivity contribution in [2.24, 2.45) is 5.16 Å². The van der Waals surface area contributed by atoms with Crippen LogP contribution in [0.2, 0.25) is 0 Å². The molecule has 0 aliphatic rings. The van der Waals surface area contributed by atoms with Crippen molar-refractivity contribution in [3.63, 3.8) is 0 Å². The molecule has 0 aliphatic heterocycles. The zero-order chi connectivity index (χ0) is 7.11. The fourth-order valence-electron chi connectivity index (χ4n) is 0.312. The molecule has 0 atom stereocenters. The second kappa shape index (κ2) is 5.60. The van der Waals surface area contributed by atoms with E-state index in [1.54, 1.807) is 0 Å². The highest BCUT2D eigenvalue weighted by atomic mass is 16.6. The number of rotatable bonds is 4. The van der Waals surface area contributed by atoms with E-state index in [4.69, 9.17) is 4.84 Å². The molecule has 54 valence electrons. The first kappa shape index (κ1) is 8.47. The monoisotopic (exact) mass is 129 g/mol. The van der Waals surface area contributed by atoms with Gasteiger partial charge in [0.05, 0.1) is 5.71 Å². The Balaban J connectivity index is 3.21. The fraction of sp³-hybridized carbons (Fsp3) is 0.857. The molecule has 0 rings (SSSR count). The minimum Gasteiger partial charge on any atom is -0.396 e. The maximum Gasteiger partial charge on any atom is 0.116 e. The van der Waals surface area contributed by atoms with Crippen molar-refractivity contribution < 1.29 is 4.84 Å². The lowest BCUT2D eigenvalue weighted by Crippen LogP contribution is -1.91. The smallest absolute Gasteiger partial charge is 0.116 e. The van der Waals surface area contributed by atoms with Crippen LogP contribution in [0.25, 0.3) is 0 Å². The van der Waals surface area contributed by atoms with Crippen LogP contribution in [0.3, 0.4) is 0 Å². The third-order valence-corrected chi connectivity index (χ3v) is 1.03. The van der Waals surface area contributed by atoms with Crippen molar-refractivity contribution in [2.75, 3.05) is 6.61 Å². The summed E-state index contributed by atoms with van der Waals surface area (Å²) in [7, 11) is 0.